The number of carbonyl (C=O) groups is 2. The molecule has 2 amide bonds. The highest BCUT2D eigenvalue weighted by Gasteiger charge is 2.54. The molecule has 0 bridgehead atoms. The minimum atomic E-state index is -0.635. The fraction of sp³-hybridized carbons (Fsp3) is 0.529. The van der Waals surface area contributed by atoms with Crippen LogP contribution in [0.4, 0.5) is 0 Å². The first-order valence-corrected chi connectivity index (χ1v) is 9.02. The standard InChI is InChI=1S/C17H20N2O2S/c20-15-8-9-17(19(15)10-11-22-17)16(21)18-14-7-3-5-12-4-1-2-6-13(12)14/h1-2,4,6,14H,3,5,7-11H2,(H,18,21)/t14-,17+/m0/s1. The highest BCUT2D eigenvalue weighted by molar-refractivity contribution is 8.01. The summed E-state index contributed by atoms with van der Waals surface area (Å²) in [5, 5.41) is 3.25. The van der Waals surface area contributed by atoms with Crippen molar-refractivity contribution in [3.63, 3.8) is 0 Å². The first-order valence-electron chi connectivity index (χ1n) is 8.04. The second kappa shape index (κ2) is 5.30. The van der Waals surface area contributed by atoms with Crippen LogP contribution < -0.4 is 5.32 Å². The number of hydrogen-bond donors (Lipinski definition) is 1. The van der Waals surface area contributed by atoms with Crippen LogP contribution in [0.1, 0.15) is 42.9 Å². The Kier molecular flexibility index (Phi) is 3.40. The summed E-state index contributed by atoms with van der Waals surface area (Å²) in [6, 6.07) is 8.46. The molecule has 4 rings (SSSR count). The summed E-state index contributed by atoms with van der Waals surface area (Å²) < 4.78 is 0. The van der Waals surface area contributed by atoms with E-state index in [1.165, 1.54) is 11.1 Å². The van der Waals surface area contributed by atoms with E-state index in [0.29, 0.717) is 19.4 Å². The third-order valence-corrected chi connectivity index (χ3v) is 6.57. The van der Waals surface area contributed by atoms with Crippen LogP contribution in [-0.2, 0) is 16.0 Å². The maximum Gasteiger partial charge on any atom is 0.257 e. The third-order valence-electron chi connectivity index (χ3n) is 5.10. The maximum atomic E-state index is 12.9. The third kappa shape index (κ3) is 2.06. The van der Waals surface area contributed by atoms with Crippen LogP contribution in [0.25, 0.3) is 0 Å². The molecular formula is C17H20N2O2S. The normalized spacial score (nSPS) is 30.1. The van der Waals surface area contributed by atoms with Gasteiger partial charge < -0.3 is 10.2 Å². The number of nitrogens with zero attached hydrogens (tertiary/aromatic N) is 1. The lowest BCUT2D eigenvalue weighted by Gasteiger charge is -2.33. The quantitative estimate of drug-likeness (QED) is 0.910. The van der Waals surface area contributed by atoms with Crippen molar-refractivity contribution in [2.24, 2.45) is 0 Å². The van der Waals surface area contributed by atoms with Crippen molar-refractivity contribution in [2.75, 3.05) is 12.3 Å². The molecule has 22 heavy (non-hydrogen) atoms. The van der Waals surface area contributed by atoms with Gasteiger partial charge in [-0.3, -0.25) is 9.59 Å². The molecule has 0 unspecified atom stereocenters. The molecule has 2 saturated heterocycles. The molecule has 2 fully saturated rings. The largest absolute Gasteiger partial charge is 0.346 e. The topological polar surface area (TPSA) is 49.4 Å². The van der Waals surface area contributed by atoms with Crippen molar-refractivity contribution < 1.29 is 9.59 Å². The van der Waals surface area contributed by atoms with Crippen LogP contribution in [0.2, 0.25) is 0 Å². The minimum absolute atomic E-state index is 0.0301. The Morgan fingerprint density at radius 3 is 3.09 bits per heavy atom. The second-order valence-electron chi connectivity index (χ2n) is 6.30. The maximum absolute atomic E-state index is 12.9. The van der Waals surface area contributed by atoms with Crippen molar-refractivity contribution in [1.29, 1.82) is 0 Å². The Bertz CT molecular complexity index is 633. The molecule has 2 aliphatic heterocycles. The molecule has 0 radical (unpaired) electrons. The van der Waals surface area contributed by atoms with Gasteiger partial charge in [-0.1, -0.05) is 24.3 Å². The zero-order chi connectivity index (χ0) is 15.2. The number of thioether (sulfide) groups is 1. The number of aryl methyl sites for hydroxylation is 1. The highest BCUT2D eigenvalue weighted by atomic mass is 32.2. The second-order valence-corrected chi connectivity index (χ2v) is 7.67. The summed E-state index contributed by atoms with van der Waals surface area (Å²) in [7, 11) is 0. The molecule has 0 saturated carbocycles. The number of fused-ring (bicyclic) bond motifs is 2. The van der Waals surface area contributed by atoms with Gasteiger partial charge >= 0.3 is 0 Å². The summed E-state index contributed by atoms with van der Waals surface area (Å²) in [6.45, 7) is 0.707. The number of hydrogen-bond acceptors (Lipinski definition) is 3. The average molecular weight is 316 g/mol. The van der Waals surface area contributed by atoms with Crippen molar-refractivity contribution in [3.8, 4) is 0 Å². The van der Waals surface area contributed by atoms with Gasteiger partial charge in [0.05, 0.1) is 6.04 Å². The Balaban J connectivity index is 1.57. The lowest BCUT2D eigenvalue weighted by atomic mass is 9.87. The Labute approximate surface area is 134 Å². The van der Waals surface area contributed by atoms with Gasteiger partial charge in [-0.2, -0.15) is 0 Å². The zero-order valence-corrected chi connectivity index (χ0v) is 13.3. The highest BCUT2D eigenvalue weighted by Crippen LogP contribution is 2.45. The van der Waals surface area contributed by atoms with E-state index >= 15 is 0 Å². The van der Waals surface area contributed by atoms with E-state index in [1.54, 1.807) is 16.7 Å². The predicted molar refractivity (Wildman–Crippen MR) is 86.4 cm³/mol. The Hall–Kier alpha value is -1.49. The van der Waals surface area contributed by atoms with Gasteiger partial charge in [0, 0.05) is 18.7 Å². The molecule has 4 nitrogen and oxygen atoms in total. The first kappa shape index (κ1) is 14.1. The molecule has 1 aromatic rings. The van der Waals surface area contributed by atoms with Gasteiger partial charge in [0.1, 0.15) is 0 Å². The van der Waals surface area contributed by atoms with Gasteiger partial charge in [-0.05, 0) is 36.8 Å². The average Bonchev–Trinajstić information content (AvgIpc) is 3.10. The number of carbonyl (C=O) groups excluding carboxylic acids is 2. The van der Waals surface area contributed by atoms with Crippen LogP contribution >= 0.6 is 11.8 Å². The van der Waals surface area contributed by atoms with Crippen LogP contribution in [0, 0.1) is 0 Å². The molecule has 2 atom stereocenters. The molecule has 116 valence electrons. The summed E-state index contributed by atoms with van der Waals surface area (Å²) in [4.78, 5) is 26.1. The molecular weight excluding hydrogens is 296 g/mol. The van der Waals surface area contributed by atoms with Crippen LogP contribution in [-0.4, -0.2) is 33.9 Å². The summed E-state index contributed by atoms with van der Waals surface area (Å²) >= 11 is 1.64. The predicted octanol–water partition coefficient (Wildman–Crippen LogP) is 2.25. The van der Waals surface area contributed by atoms with Crippen molar-refractivity contribution in [1.82, 2.24) is 10.2 Å². The van der Waals surface area contributed by atoms with Crippen LogP contribution in [0.5, 0.6) is 0 Å². The number of rotatable bonds is 2. The van der Waals surface area contributed by atoms with Crippen LogP contribution in [0.15, 0.2) is 24.3 Å². The van der Waals surface area contributed by atoms with Crippen LogP contribution in [0.3, 0.4) is 0 Å². The Morgan fingerprint density at radius 2 is 2.18 bits per heavy atom. The van der Waals surface area contributed by atoms with Gasteiger partial charge in [0.15, 0.2) is 4.87 Å². The molecule has 0 spiro atoms. The lowest BCUT2D eigenvalue weighted by Crippen LogP contribution is -2.52. The van der Waals surface area contributed by atoms with E-state index < -0.39 is 4.87 Å². The zero-order valence-electron chi connectivity index (χ0n) is 12.5. The molecule has 1 aliphatic carbocycles. The van der Waals surface area contributed by atoms with E-state index in [0.717, 1.165) is 25.0 Å². The SMILES string of the molecule is O=C1CC[C@]2(C(=O)N[C@H]3CCCc4ccccc43)SCCN12. The molecule has 2 heterocycles. The summed E-state index contributed by atoms with van der Waals surface area (Å²) in [6.07, 6.45) is 4.33. The van der Waals surface area contributed by atoms with Crippen molar-refractivity contribution in [3.05, 3.63) is 35.4 Å². The molecule has 5 heteroatoms. The van der Waals surface area contributed by atoms with Crippen molar-refractivity contribution >= 4 is 23.6 Å². The van der Waals surface area contributed by atoms with Gasteiger partial charge in [0.2, 0.25) is 5.91 Å². The smallest absolute Gasteiger partial charge is 0.257 e. The minimum Gasteiger partial charge on any atom is -0.346 e. The number of amides is 2. The fourth-order valence-electron chi connectivity index (χ4n) is 3.99. The van der Waals surface area contributed by atoms with E-state index in [4.69, 9.17) is 0 Å². The van der Waals surface area contributed by atoms with Gasteiger partial charge in [-0.15, -0.1) is 11.8 Å². The molecule has 0 aromatic heterocycles. The van der Waals surface area contributed by atoms with Gasteiger partial charge in [0.25, 0.3) is 5.91 Å². The molecule has 3 aliphatic rings. The van der Waals surface area contributed by atoms with E-state index in [2.05, 4.69) is 23.5 Å². The molecule has 1 N–H and O–H groups in total. The van der Waals surface area contributed by atoms with E-state index in [1.807, 2.05) is 6.07 Å². The monoisotopic (exact) mass is 316 g/mol. The molecule has 1 aromatic carbocycles. The first-order chi connectivity index (χ1) is 10.7. The summed E-state index contributed by atoms with van der Waals surface area (Å²) in [5.74, 6) is 1.02. The fourth-order valence-corrected chi connectivity index (χ4v) is 5.38. The number of nitrogens with one attached hydrogen (secondary N) is 1. The van der Waals surface area contributed by atoms with Gasteiger partial charge in [-0.25, -0.2) is 0 Å². The number of benzene rings is 1. The van der Waals surface area contributed by atoms with Crippen molar-refractivity contribution in [2.45, 2.75) is 43.0 Å². The lowest BCUT2D eigenvalue weighted by molar-refractivity contribution is -0.136. The Morgan fingerprint density at radius 1 is 1.32 bits per heavy atom. The summed E-state index contributed by atoms with van der Waals surface area (Å²) in [5.41, 5.74) is 2.59. The van der Waals surface area contributed by atoms with E-state index in [-0.39, 0.29) is 17.9 Å². The van der Waals surface area contributed by atoms with E-state index in [9.17, 15) is 9.59 Å².